The summed E-state index contributed by atoms with van der Waals surface area (Å²) in [5.74, 6) is 0.899. The molecule has 8 heteroatoms. The summed E-state index contributed by atoms with van der Waals surface area (Å²) in [5, 5.41) is -0.193. The highest BCUT2D eigenvalue weighted by molar-refractivity contribution is 7.91. The van der Waals surface area contributed by atoms with Crippen LogP contribution in [0.1, 0.15) is 27.2 Å². The molecule has 32 heavy (non-hydrogen) atoms. The molecular formula is C24H27FN2O4S. The number of hydrogen-bond acceptors (Lipinski definition) is 6. The maximum absolute atomic E-state index is 14.4. The van der Waals surface area contributed by atoms with Crippen LogP contribution in [0.4, 0.5) is 10.3 Å². The summed E-state index contributed by atoms with van der Waals surface area (Å²) in [7, 11) is -4.01. The first-order chi connectivity index (χ1) is 15.3. The van der Waals surface area contributed by atoms with E-state index in [0.29, 0.717) is 37.3 Å². The smallest absolute Gasteiger partial charge is 0.236 e. The van der Waals surface area contributed by atoms with Gasteiger partial charge in [0.1, 0.15) is 11.6 Å². The van der Waals surface area contributed by atoms with Gasteiger partial charge in [-0.2, -0.15) is 4.98 Å². The highest BCUT2D eigenvalue weighted by Crippen LogP contribution is 2.38. The van der Waals surface area contributed by atoms with Crippen molar-refractivity contribution in [1.29, 1.82) is 0 Å². The van der Waals surface area contributed by atoms with Crippen molar-refractivity contribution in [3.8, 4) is 17.2 Å². The number of benzene rings is 2. The quantitative estimate of drug-likeness (QED) is 0.506. The van der Waals surface area contributed by atoms with E-state index in [4.69, 9.17) is 9.15 Å². The summed E-state index contributed by atoms with van der Waals surface area (Å²) in [6, 6.07) is 12.2. The van der Waals surface area contributed by atoms with Gasteiger partial charge in [-0.3, -0.25) is 0 Å². The predicted octanol–water partition coefficient (Wildman–Crippen LogP) is 5.19. The Balaban J connectivity index is 1.83. The molecule has 1 aliphatic rings. The van der Waals surface area contributed by atoms with E-state index < -0.39 is 15.7 Å². The topological polar surface area (TPSA) is 72.6 Å². The lowest BCUT2D eigenvalue weighted by Gasteiger charge is -2.34. The van der Waals surface area contributed by atoms with Crippen molar-refractivity contribution in [1.82, 2.24) is 4.98 Å². The van der Waals surface area contributed by atoms with Crippen LogP contribution in [0.15, 0.2) is 62.9 Å². The molecule has 2 heterocycles. The Kier molecular flexibility index (Phi) is 6.24. The fourth-order valence-electron chi connectivity index (χ4n) is 4.24. The number of aromatic nitrogens is 1. The Morgan fingerprint density at radius 3 is 2.38 bits per heavy atom. The first-order valence-electron chi connectivity index (χ1n) is 10.8. The van der Waals surface area contributed by atoms with Crippen molar-refractivity contribution in [2.75, 3.05) is 24.6 Å². The third-order valence-electron chi connectivity index (χ3n) is 5.54. The molecule has 0 N–H and O–H groups in total. The minimum atomic E-state index is -4.01. The molecule has 2 aromatic carbocycles. The second-order valence-corrected chi connectivity index (χ2v) is 10.2. The molecule has 170 valence electrons. The zero-order chi connectivity index (χ0) is 22.9. The molecule has 0 bridgehead atoms. The van der Waals surface area contributed by atoms with Crippen LogP contribution in [-0.2, 0) is 9.84 Å². The van der Waals surface area contributed by atoms with Gasteiger partial charge >= 0.3 is 0 Å². The minimum absolute atomic E-state index is 0.0477. The maximum atomic E-state index is 14.4. The molecule has 0 spiro atoms. The first kappa shape index (κ1) is 22.3. The summed E-state index contributed by atoms with van der Waals surface area (Å²) in [5.41, 5.74) is 0.125. The Hall–Kier alpha value is -2.87. The predicted molar refractivity (Wildman–Crippen MR) is 120 cm³/mol. The summed E-state index contributed by atoms with van der Waals surface area (Å²) in [6.07, 6.45) is 1.05. The molecule has 3 aromatic rings. The monoisotopic (exact) mass is 458 g/mol. The van der Waals surface area contributed by atoms with Crippen molar-refractivity contribution in [2.45, 2.75) is 37.1 Å². The molecule has 1 aromatic heterocycles. The summed E-state index contributed by atoms with van der Waals surface area (Å²) >= 11 is 0. The number of sulfone groups is 1. The minimum Gasteiger partial charge on any atom is -0.494 e. The number of nitrogens with zero attached hydrogens (tertiary/aromatic N) is 2. The van der Waals surface area contributed by atoms with Crippen molar-refractivity contribution in [2.24, 2.45) is 11.8 Å². The number of ether oxygens (including phenoxy) is 1. The van der Waals surface area contributed by atoms with Gasteiger partial charge in [-0.05, 0) is 61.6 Å². The van der Waals surface area contributed by atoms with E-state index in [9.17, 15) is 12.8 Å². The van der Waals surface area contributed by atoms with Crippen LogP contribution in [0.2, 0.25) is 0 Å². The Labute approximate surface area is 188 Å². The van der Waals surface area contributed by atoms with Gasteiger partial charge in [0.25, 0.3) is 0 Å². The molecule has 2 atom stereocenters. The van der Waals surface area contributed by atoms with E-state index >= 15 is 0 Å². The zero-order valence-electron chi connectivity index (χ0n) is 18.4. The fourth-order valence-corrected chi connectivity index (χ4v) is 5.57. The summed E-state index contributed by atoms with van der Waals surface area (Å²) < 4.78 is 53.0. The van der Waals surface area contributed by atoms with Gasteiger partial charge in [0.15, 0.2) is 0 Å². The Morgan fingerprint density at radius 1 is 1.09 bits per heavy atom. The molecule has 1 saturated heterocycles. The molecule has 2 unspecified atom stereocenters. The highest BCUT2D eigenvalue weighted by Gasteiger charge is 2.34. The van der Waals surface area contributed by atoms with Gasteiger partial charge in [0.2, 0.25) is 26.6 Å². The van der Waals surface area contributed by atoms with Crippen molar-refractivity contribution in [3.05, 3.63) is 54.3 Å². The normalized spacial score (nSPS) is 19.2. The van der Waals surface area contributed by atoms with Crippen molar-refractivity contribution >= 4 is 15.7 Å². The number of oxazole rings is 1. The number of rotatable bonds is 6. The van der Waals surface area contributed by atoms with Crippen LogP contribution >= 0.6 is 0 Å². The molecular weight excluding hydrogens is 431 g/mol. The Morgan fingerprint density at radius 2 is 1.75 bits per heavy atom. The van der Waals surface area contributed by atoms with E-state index in [2.05, 4.69) is 18.8 Å². The van der Waals surface area contributed by atoms with Crippen LogP contribution in [0, 0.1) is 17.7 Å². The molecule has 1 aliphatic heterocycles. The molecule has 0 radical (unpaired) electrons. The van der Waals surface area contributed by atoms with E-state index in [1.54, 1.807) is 24.3 Å². The zero-order valence-corrected chi connectivity index (χ0v) is 19.2. The van der Waals surface area contributed by atoms with Crippen molar-refractivity contribution < 1.29 is 22.0 Å². The maximum Gasteiger partial charge on any atom is 0.236 e. The average Bonchev–Trinajstić information content (AvgIpc) is 3.20. The van der Waals surface area contributed by atoms with E-state index in [0.717, 1.165) is 6.42 Å². The number of halogens is 1. The number of anilines is 1. The second-order valence-electron chi connectivity index (χ2n) is 8.37. The standard InChI is InChI=1S/C24H27FN2O4S/c1-4-30-18-9-11-19(12-10-18)32(28,29)23-24(27-14-16(2)13-17(3)15-27)31-22(26-23)20-7-5-6-8-21(20)25/h5-12,16-17H,4,13-15H2,1-3H3. The summed E-state index contributed by atoms with van der Waals surface area (Å²) in [4.78, 5) is 6.30. The fraction of sp³-hybridized carbons (Fsp3) is 0.375. The molecule has 6 nitrogen and oxygen atoms in total. The summed E-state index contributed by atoms with van der Waals surface area (Å²) in [6.45, 7) is 7.87. The average molecular weight is 459 g/mol. The largest absolute Gasteiger partial charge is 0.494 e. The SMILES string of the molecule is CCOc1ccc(S(=O)(=O)c2nc(-c3ccccc3F)oc2N2CC(C)CC(C)C2)cc1. The number of hydrogen-bond donors (Lipinski definition) is 0. The van der Waals surface area contributed by atoms with Crippen LogP contribution in [0.25, 0.3) is 11.5 Å². The van der Waals surface area contributed by atoms with Gasteiger partial charge < -0.3 is 14.1 Å². The van der Waals surface area contributed by atoms with E-state index in [1.165, 1.54) is 24.3 Å². The molecule has 1 fully saturated rings. The lowest BCUT2D eigenvalue weighted by atomic mass is 9.92. The van der Waals surface area contributed by atoms with Crippen LogP contribution < -0.4 is 9.64 Å². The Bertz CT molecular complexity index is 1180. The van der Waals surface area contributed by atoms with E-state index in [1.807, 2.05) is 11.8 Å². The molecule has 0 aliphatic carbocycles. The van der Waals surface area contributed by atoms with Gasteiger partial charge in [-0.25, -0.2) is 12.8 Å². The third-order valence-corrected chi connectivity index (χ3v) is 7.21. The van der Waals surface area contributed by atoms with E-state index in [-0.39, 0.29) is 27.3 Å². The van der Waals surface area contributed by atoms with Crippen LogP contribution in [0.5, 0.6) is 5.75 Å². The molecule has 0 amide bonds. The third kappa shape index (κ3) is 4.37. The van der Waals surface area contributed by atoms with Gasteiger partial charge in [0.05, 0.1) is 17.1 Å². The lowest BCUT2D eigenvalue weighted by molar-refractivity contribution is 0.340. The molecule has 0 saturated carbocycles. The first-order valence-corrected chi connectivity index (χ1v) is 12.3. The van der Waals surface area contributed by atoms with Gasteiger partial charge in [-0.1, -0.05) is 26.0 Å². The van der Waals surface area contributed by atoms with Crippen LogP contribution in [0.3, 0.4) is 0 Å². The second kappa shape index (κ2) is 8.94. The van der Waals surface area contributed by atoms with Crippen LogP contribution in [-0.4, -0.2) is 33.1 Å². The lowest BCUT2D eigenvalue weighted by Crippen LogP contribution is -2.39. The van der Waals surface area contributed by atoms with Crippen molar-refractivity contribution in [3.63, 3.8) is 0 Å². The van der Waals surface area contributed by atoms with Gasteiger partial charge in [0, 0.05) is 13.1 Å². The number of piperidine rings is 1. The molecule has 4 rings (SSSR count). The van der Waals surface area contributed by atoms with Gasteiger partial charge in [-0.15, -0.1) is 0 Å². The highest BCUT2D eigenvalue weighted by atomic mass is 32.2.